The lowest BCUT2D eigenvalue weighted by atomic mass is 10.2. The van der Waals surface area contributed by atoms with E-state index in [4.69, 9.17) is 11.5 Å². The Morgan fingerprint density at radius 1 is 1.67 bits per heavy atom. The van der Waals surface area contributed by atoms with Gasteiger partial charge in [-0.1, -0.05) is 5.92 Å². The molecule has 1 saturated carbocycles. The van der Waals surface area contributed by atoms with Gasteiger partial charge in [-0.3, -0.25) is 0 Å². The first-order valence-corrected chi connectivity index (χ1v) is 5.69. The number of carbonyl (C=O) groups is 1. The van der Waals surface area contributed by atoms with Gasteiger partial charge < -0.3 is 10.0 Å². The van der Waals surface area contributed by atoms with E-state index in [9.17, 15) is 9.18 Å². The Labute approximate surface area is 104 Å². The topological polar surface area (TPSA) is 53.4 Å². The SMILES string of the molecule is C#CCN(CC1CC1)c1nccc(C(=O)O)c1F. The molecule has 18 heavy (non-hydrogen) atoms. The van der Waals surface area contributed by atoms with Crippen molar-refractivity contribution in [1.29, 1.82) is 0 Å². The molecule has 4 nitrogen and oxygen atoms in total. The Bertz CT molecular complexity index is 506. The number of anilines is 1. The highest BCUT2D eigenvalue weighted by Gasteiger charge is 2.27. The average Bonchev–Trinajstić information content (AvgIpc) is 3.12. The van der Waals surface area contributed by atoms with E-state index in [0.717, 1.165) is 18.9 Å². The molecule has 1 heterocycles. The number of terminal acetylenes is 1. The Morgan fingerprint density at radius 3 is 2.94 bits per heavy atom. The van der Waals surface area contributed by atoms with E-state index in [1.165, 1.54) is 6.20 Å². The minimum atomic E-state index is -1.30. The largest absolute Gasteiger partial charge is 0.478 e. The zero-order valence-corrected chi connectivity index (χ0v) is 9.77. The van der Waals surface area contributed by atoms with Crippen LogP contribution in [0.3, 0.4) is 0 Å². The van der Waals surface area contributed by atoms with Gasteiger partial charge >= 0.3 is 5.97 Å². The number of rotatable bonds is 5. The summed E-state index contributed by atoms with van der Waals surface area (Å²) < 4.78 is 14.0. The molecule has 1 aliphatic carbocycles. The molecule has 0 bridgehead atoms. The number of carboxylic acid groups (broad SMARTS) is 1. The third kappa shape index (κ3) is 2.59. The van der Waals surface area contributed by atoms with Crippen molar-refractivity contribution in [2.24, 2.45) is 5.92 Å². The maximum absolute atomic E-state index is 14.0. The predicted molar refractivity (Wildman–Crippen MR) is 64.9 cm³/mol. The summed E-state index contributed by atoms with van der Waals surface area (Å²) in [7, 11) is 0. The molecule has 1 aromatic heterocycles. The fraction of sp³-hybridized carbons (Fsp3) is 0.385. The fourth-order valence-electron chi connectivity index (χ4n) is 1.77. The molecule has 0 unspecified atom stereocenters. The van der Waals surface area contributed by atoms with Crippen LogP contribution in [-0.2, 0) is 0 Å². The molecule has 1 fully saturated rings. The summed E-state index contributed by atoms with van der Waals surface area (Å²) in [5.41, 5.74) is -0.377. The Morgan fingerprint density at radius 2 is 2.39 bits per heavy atom. The molecule has 0 saturated heterocycles. The van der Waals surface area contributed by atoms with Crippen LogP contribution >= 0.6 is 0 Å². The van der Waals surface area contributed by atoms with E-state index < -0.39 is 11.8 Å². The van der Waals surface area contributed by atoms with Crippen molar-refractivity contribution < 1.29 is 14.3 Å². The standard InChI is InChI=1S/C13H13FN2O2/c1-2-7-16(8-9-3-4-9)12-11(14)10(13(17)18)5-6-15-12/h1,5-6,9H,3-4,7-8H2,(H,17,18). The van der Waals surface area contributed by atoms with Gasteiger partial charge in [-0.15, -0.1) is 6.42 Å². The zero-order chi connectivity index (χ0) is 13.1. The molecule has 0 aromatic carbocycles. The van der Waals surface area contributed by atoms with Crippen LogP contribution in [0.25, 0.3) is 0 Å². The quantitative estimate of drug-likeness (QED) is 0.807. The number of halogens is 1. The van der Waals surface area contributed by atoms with E-state index in [0.29, 0.717) is 12.5 Å². The molecule has 0 spiro atoms. The van der Waals surface area contributed by atoms with Crippen LogP contribution < -0.4 is 4.90 Å². The van der Waals surface area contributed by atoms with Gasteiger partial charge in [0.15, 0.2) is 11.6 Å². The lowest BCUT2D eigenvalue weighted by Gasteiger charge is -2.21. The molecule has 0 atom stereocenters. The molecule has 5 heteroatoms. The minimum absolute atomic E-state index is 0.0275. The first kappa shape index (κ1) is 12.4. The van der Waals surface area contributed by atoms with Crippen LogP contribution in [0, 0.1) is 24.1 Å². The second-order valence-electron chi connectivity index (χ2n) is 4.33. The first-order chi connectivity index (χ1) is 8.63. The van der Waals surface area contributed by atoms with Gasteiger partial charge in [-0.2, -0.15) is 0 Å². The summed E-state index contributed by atoms with van der Waals surface area (Å²) in [6.07, 6.45) is 8.74. The average molecular weight is 248 g/mol. The van der Waals surface area contributed by atoms with Gasteiger partial charge in [-0.25, -0.2) is 14.2 Å². The highest BCUT2D eigenvalue weighted by atomic mass is 19.1. The van der Waals surface area contributed by atoms with Crippen LogP contribution in [0.1, 0.15) is 23.2 Å². The summed E-state index contributed by atoms with van der Waals surface area (Å²) in [6, 6.07) is 1.15. The maximum Gasteiger partial charge on any atom is 0.338 e. The summed E-state index contributed by atoms with van der Waals surface area (Å²) in [4.78, 5) is 16.4. The highest BCUT2D eigenvalue weighted by molar-refractivity contribution is 5.88. The van der Waals surface area contributed by atoms with Gasteiger partial charge in [0.2, 0.25) is 0 Å². The van der Waals surface area contributed by atoms with Gasteiger partial charge in [0.05, 0.1) is 6.54 Å². The number of carboxylic acids is 1. The summed E-state index contributed by atoms with van der Waals surface area (Å²) in [5, 5.41) is 8.87. The minimum Gasteiger partial charge on any atom is -0.478 e. The summed E-state index contributed by atoms with van der Waals surface area (Å²) in [5.74, 6) is 0.861. The van der Waals surface area contributed by atoms with Crippen LogP contribution in [0.15, 0.2) is 12.3 Å². The zero-order valence-electron chi connectivity index (χ0n) is 9.77. The maximum atomic E-state index is 14.0. The van der Waals surface area contributed by atoms with E-state index in [-0.39, 0.29) is 17.9 Å². The van der Waals surface area contributed by atoms with Crippen LogP contribution in [-0.4, -0.2) is 29.1 Å². The first-order valence-electron chi connectivity index (χ1n) is 5.69. The van der Waals surface area contributed by atoms with E-state index in [1.807, 2.05) is 0 Å². The second kappa shape index (κ2) is 5.05. The number of pyridine rings is 1. The van der Waals surface area contributed by atoms with Gasteiger partial charge in [0, 0.05) is 12.7 Å². The number of hydrogen-bond donors (Lipinski definition) is 1. The second-order valence-corrected chi connectivity index (χ2v) is 4.33. The van der Waals surface area contributed by atoms with E-state index in [2.05, 4.69) is 10.9 Å². The smallest absolute Gasteiger partial charge is 0.338 e. The molecule has 1 aromatic rings. The van der Waals surface area contributed by atoms with Crippen LogP contribution in [0.2, 0.25) is 0 Å². The van der Waals surface area contributed by atoms with Gasteiger partial charge in [0.25, 0.3) is 0 Å². The van der Waals surface area contributed by atoms with Crippen LogP contribution in [0.4, 0.5) is 10.2 Å². The van der Waals surface area contributed by atoms with Crippen molar-refractivity contribution >= 4 is 11.8 Å². The van der Waals surface area contributed by atoms with Crippen molar-refractivity contribution in [3.05, 3.63) is 23.6 Å². The molecule has 1 aliphatic rings. The molecule has 1 N–H and O–H groups in total. The van der Waals surface area contributed by atoms with Crippen molar-refractivity contribution in [3.63, 3.8) is 0 Å². The fourth-order valence-corrected chi connectivity index (χ4v) is 1.77. The van der Waals surface area contributed by atoms with Crippen molar-refractivity contribution in [3.8, 4) is 12.3 Å². The van der Waals surface area contributed by atoms with E-state index >= 15 is 0 Å². The molecule has 94 valence electrons. The normalized spacial score (nSPS) is 14.0. The number of hydrogen-bond acceptors (Lipinski definition) is 3. The summed E-state index contributed by atoms with van der Waals surface area (Å²) in [6.45, 7) is 0.848. The Hall–Kier alpha value is -2.09. The number of aromatic nitrogens is 1. The molecular weight excluding hydrogens is 235 g/mol. The predicted octanol–water partition coefficient (Wildman–Crippen LogP) is 1.77. The van der Waals surface area contributed by atoms with Crippen molar-refractivity contribution in [2.45, 2.75) is 12.8 Å². The third-order valence-electron chi connectivity index (χ3n) is 2.86. The lowest BCUT2D eigenvalue weighted by Crippen LogP contribution is -2.28. The Balaban J connectivity index is 2.31. The molecule has 0 aliphatic heterocycles. The number of nitrogens with zero attached hydrogens (tertiary/aromatic N) is 2. The molecular formula is C13H13FN2O2. The highest BCUT2D eigenvalue weighted by Crippen LogP contribution is 2.31. The molecule has 2 rings (SSSR count). The van der Waals surface area contributed by atoms with E-state index in [1.54, 1.807) is 4.90 Å². The van der Waals surface area contributed by atoms with Gasteiger partial charge in [0.1, 0.15) is 5.56 Å². The molecule has 0 amide bonds. The molecule has 0 radical (unpaired) electrons. The Kier molecular flexibility index (Phi) is 3.47. The monoisotopic (exact) mass is 248 g/mol. The van der Waals surface area contributed by atoms with Crippen molar-refractivity contribution in [1.82, 2.24) is 4.98 Å². The lowest BCUT2D eigenvalue weighted by molar-refractivity contribution is 0.0692. The van der Waals surface area contributed by atoms with Gasteiger partial charge in [-0.05, 0) is 24.8 Å². The van der Waals surface area contributed by atoms with Crippen LogP contribution in [0.5, 0.6) is 0 Å². The number of aromatic carboxylic acids is 1. The van der Waals surface area contributed by atoms with Crippen molar-refractivity contribution in [2.75, 3.05) is 18.0 Å². The third-order valence-corrected chi connectivity index (χ3v) is 2.86. The summed E-state index contributed by atoms with van der Waals surface area (Å²) >= 11 is 0.